The van der Waals surface area contributed by atoms with E-state index in [9.17, 15) is 14.9 Å². The van der Waals surface area contributed by atoms with E-state index >= 15 is 0 Å². The molecule has 0 bridgehead atoms. The van der Waals surface area contributed by atoms with Gasteiger partial charge in [0, 0.05) is 12.6 Å². The molecular weight excluding hydrogens is 358 g/mol. The van der Waals surface area contributed by atoms with Crippen LogP contribution >= 0.6 is 0 Å². The maximum atomic E-state index is 12.6. The Balaban J connectivity index is 2.63. The molecule has 0 spiro atoms. The number of hydrogen-bond donors (Lipinski definition) is 1. The van der Waals surface area contributed by atoms with Gasteiger partial charge in [0.25, 0.3) is 0 Å². The van der Waals surface area contributed by atoms with Crippen molar-refractivity contribution in [3.05, 3.63) is 22.0 Å². The van der Waals surface area contributed by atoms with Crippen LogP contribution in [0.4, 0.5) is 5.69 Å². The highest BCUT2D eigenvalue weighted by atomic mass is 16.6. The fourth-order valence-electron chi connectivity index (χ4n) is 3.36. The number of nitrogens with one attached hydrogen (secondary N) is 1. The minimum absolute atomic E-state index is 0.00376. The van der Waals surface area contributed by atoms with E-state index in [1.54, 1.807) is 13.8 Å². The first-order chi connectivity index (χ1) is 13.3. The number of carbonyl (C=O) groups excluding carboxylic acids is 1. The highest BCUT2D eigenvalue weighted by Crippen LogP contribution is 2.20. The van der Waals surface area contributed by atoms with Crippen molar-refractivity contribution in [1.29, 1.82) is 0 Å². The molecule has 1 rings (SSSR count). The van der Waals surface area contributed by atoms with Gasteiger partial charge in [-0.2, -0.15) is 5.10 Å². The molecule has 0 saturated carbocycles. The first kappa shape index (κ1) is 24.1. The summed E-state index contributed by atoms with van der Waals surface area (Å²) >= 11 is 0. The molecule has 2 unspecified atom stereocenters. The van der Waals surface area contributed by atoms with Crippen molar-refractivity contribution in [1.82, 2.24) is 20.0 Å². The van der Waals surface area contributed by atoms with Crippen LogP contribution in [0.2, 0.25) is 0 Å². The molecule has 160 valence electrons. The van der Waals surface area contributed by atoms with E-state index in [2.05, 4.69) is 29.2 Å². The zero-order valence-electron chi connectivity index (χ0n) is 18.1. The molecule has 28 heavy (non-hydrogen) atoms. The maximum absolute atomic E-state index is 12.6. The number of aromatic nitrogens is 2. The van der Waals surface area contributed by atoms with E-state index in [0.29, 0.717) is 5.69 Å². The van der Waals surface area contributed by atoms with Gasteiger partial charge in [0.05, 0.1) is 4.92 Å². The number of amides is 1. The van der Waals surface area contributed by atoms with E-state index in [0.717, 1.165) is 19.6 Å². The van der Waals surface area contributed by atoms with Crippen molar-refractivity contribution in [2.45, 2.75) is 85.2 Å². The average Bonchev–Trinajstić information content (AvgIpc) is 3.02. The van der Waals surface area contributed by atoms with Gasteiger partial charge in [-0.05, 0) is 46.7 Å². The van der Waals surface area contributed by atoms with Gasteiger partial charge in [-0.1, -0.05) is 39.5 Å². The van der Waals surface area contributed by atoms with E-state index in [-0.39, 0.29) is 17.6 Å². The van der Waals surface area contributed by atoms with Gasteiger partial charge in [-0.25, -0.2) is 0 Å². The lowest BCUT2D eigenvalue weighted by atomic mass is 10.2. The normalized spacial score (nSPS) is 13.5. The molecule has 8 heteroatoms. The van der Waals surface area contributed by atoms with Crippen LogP contribution in [0.3, 0.4) is 0 Å². The zero-order chi connectivity index (χ0) is 21.1. The summed E-state index contributed by atoms with van der Waals surface area (Å²) in [4.78, 5) is 25.6. The van der Waals surface area contributed by atoms with Crippen LogP contribution in [-0.2, 0) is 4.79 Å². The smallest absolute Gasteiger partial charge is 0.309 e. The molecule has 0 fully saturated rings. The fourth-order valence-corrected chi connectivity index (χ4v) is 3.36. The monoisotopic (exact) mass is 395 g/mol. The average molecular weight is 396 g/mol. The first-order valence-corrected chi connectivity index (χ1v) is 10.5. The molecule has 1 amide bonds. The quantitative estimate of drug-likeness (QED) is 0.293. The third-order valence-corrected chi connectivity index (χ3v) is 5.04. The molecule has 1 N–H and O–H groups in total. The summed E-state index contributed by atoms with van der Waals surface area (Å²) in [5.74, 6) is -0.171. The lowest BCUT2D eigenvalue weighted by Crippen LogP contribution is -2.44. The van der Waals surface area contributed by atoms with Gasteiger partial charge in [0.2, 0.25) is 5.91 Å². The lowest BCUT2D eigenvalue weighted by molar-refractivity contribution is -0.385. The Morgan fingerprint density at radius 3 is 2.25 bits per heavy atom. The van der Waals surface area contributed by atoms with Crippen LogP contribution in [0.25, 0.3) is 0 Å². The molecule has 0 saturated heterocycles. The number of unbranched alkanes of at least 4 members (excludes halogenated alkanes) is 4. The van der Waals surface area contributed by atoms with Crippen LogP contribution in [0.1, 0.15) is 78.0 Å². The molecule has 1 aromatic heterocycles. The summed E-state index contributed by atoms with van der Waals surface area (Å²) in [6.07, 6.45) is 8.39. The second-order valence-electron chi connectivity index (χ2n) is 7.62. The highest BCUT2D eigenvalue weighted by Gasteiger charge is 2.24. The van der Waals surface area contributed by atoms with E-state index in [4.69, 9.17) is 0 Å². The molecular formula is C20H37N5O3. The second-order valence-corrected chi connectivity index (χ2v) is 7.62. The van der Waals surface area contributed by atoms with E-state index in [1.165, 1.54) is 49.4 Å². The third-order valence-electron chi connectivity index (χ3n) is 5.04. The molecule has 0 aliphatic rings. The van der Waals surface area contributed by atoms with Gasteiger partial charge >= 0.3 is 5.69 Å². The van der Waals surface area contributed by atoms with E-state index < -0.39 is 11.0 Å². The van der Waals surface area contributed by atoms with Gasteiger partial charge in [0.1, 0.15) is 17.9 Å². The minimum Gasteiger partial charge on any atom is -0.351 e. The molecule has 8 nitrogen and oxygen atoms in total. The van der Waals surface area contributed by atoms with Crippen LogP contribution in [0.5, 0.6) is 0 Å². The Labute approximate surface area is 168 Å². The van der Waals surface area contributed by atoms with Gasteiger partial charge in [-0.3, -0.25) is 19.6 Å². The molecule has 2 atom stereocenters. The Morgan fingerprint density at radius 2 is 1.79 bits per heavy atom. The summed E-state index contributed by atoms with van der Waals surface area (Å²) in [5.41, 5.74) is 0.326. The predicted molar refractivity (Wildman–Crippen MR) is 111 cm³/mol. The van der Waals surface area contributed by atoms with Crippen LogP contribution < -0.4 is 5.32 Å². The topological polar surface area (TPSA) is 93.3 Å². The first-order valence-electron chi connectivity index (χ1n) is 10.5. The molecule has 0 aliphatic carbocycles. The van der Waals surface area contributed by atoms with Crippen LogP contribution in [0, 0.1) is 17.0 Å². The molecule has 0 radical (unpaired) electrons. The van der Waals surface area contributed by atoms with Crippen molar-refractivity contribution in [3.8, 4) is 0 Å². The maximum Gasteiger partial charge on any atom is 0.309 e. The van der Waals surface area contributed by atoms with Gasteiger partial charge < -0.3 is 10.2 Å². The standard InChI is InChI=1S/C20H37N5O3/c1-6-8-10-12-23(13-11-9-7-2)15-16(3)22-20(26)18(5)24-17(4)19(14-21-24)25(27)28/h14,16,18H,6-13,15H2,1-5H3,(H,22,26). The highest BCUT2D eigenvalue weighted by molar-refractivity contribution is 5.80. The minimum atomic E-state index is -0.593. The SMILES string of the molecule is CCCCCN(CCCCC)CC(C)NC(=O)C(C)n1ncc([N+](=O)[O-])c1C. The van der Waals surface area contributed by atoms with E-state index in [1.807, 2.05) is 6.92 Å². The number of nitrogens with zero attached hydrogens (tertiary/aromatic N) is 4. The molecule has 0 aliphatic heterocycles. The number of rotatable bonds is 14. The predicted octanol–water partition coefficient (Wildman–Crippen LogP) is 3.85. The summed E-state index contributed by atoms with van der Waals surface area (Å²) < 4.78 is 1.42. The zero-order valence-corrected chi connectivity index (χ0v) is 18.1. The third kappa shape index (κ3) is 7.58. The van der Waals surface area contributed by atoms with Gasteiger partial charge in [0.15, 0.2) is 0 Å². The summed E-state index contributed by atoms with van der Waals surface area (Å²) in [7, 11) is 0. The summed E-state index contributed by atoms with van der Waals surface area (Å²) in [5, 5.41) is 18.1. The molecule has 1 aromatic rings. The molecule has 1 heterocycles. The summed E-state index contributed by atoms with van der Waals surface area (Å²) in [6, 6.07) is -0.589. The van der Waals surface area contributed by atoms with Crippen molar-refractivity contribution >= 4 is 11.6 Å². The number of hydrogen-bond acceptors (Lipinski definition) is 5. The Kier molecular flexibility index (Phi) is 10.7. The lowest BCUT2D eigenvalue weighted by Gasteiger charge is -2.27. The van der Waals surface area contributed by atoms with Crippen LogP contribution in [-0.4, -0.2) is 51.2 Å². The fraction of sp³-hybridized carbons (Fsp3) is 0.800. The Morgan fingerprint density at radius 1 is 1.21 bits per heavy atom. The Bertz CT molecular complexity index is 607. The number of carbonyl (C=O) groups is 1. The largest absolute Gasteiger partial charge is 0.351 e. The van der Waals surface area contributed by atoms with Crippen LogP contribution in [0.15, 0.2) is 6.20 Å². The molecule has 0 aromatic carbocycles. The summed E-state index contributed by atoms with van der Waals surface area (Å²) in [6.45, 7) is 12.7. The van der Waals surface area contributed by atoms with Crippen molar-refractivity contribution in [2.24, 2.45) is 0 Å². The van der Waals surface area contributed by atoms with Crippen molar-refractivity contribution in [2.75, 3.05) is 19.6 Å². The second kappa shape index (κ2) is 12.5. The van der Waals surface area contributed by atoms with Gasteiger partial charge in [-0.15, -0.1) is 0 Å². The Hall–Kier alpha value is -1.96. The number of nitro groups is 1. The van der Waals surface area contributed by atoms with Crippen molar-refractivity contribution in [3.63, 3.8) is 0 Å². The van der Waals surface area contributed by atoms with Crippen molar-refractivity contribution < 1.29 is 9.72 Å².